The van der Waals surface area contributed by atoms with Crippen LogP contribution in [-0.2, 0) is 27.8 Å². The molecule has 0 aromatic heterocycles. The van der Waals surface area contributed by atoms with E-state index in [2.05, 4.69) is 12.1 Å². The Kier molecular flexibility index (Phi) is 9.14. The van der Waals surface area contributed by atoms with Crippen LogP contribution in [0.25, 0.3) is 0 Å². The number of carboxylic acids is 1. The zero-order valence-electron chi connectivity index (χ0n) is 15.6. The Hall–Kier alpha value is -2.22. The summed E-state index contributed by atoms with van der Waals surface area (Å²) in [7, 11) is -4.09. The van der Waals surface area contributed by atoms with Crippen molar-refractivity contribution in [3.8, 4) is 0 Å². The summed E-state index contributed by atoms with van der Waals surface area (Å²) >= 11 is 0. The van der Waals surface area contributed by atoms with Gasteiger partial charge >= 0.3 is 5.97 Å². The van der Waals surface area contributed by atoms with Gasteiger partial charge in [-0.1, -0.05) is 56.3 Å². The minimum absolute atomic E-state index is 0.0639. The van der Waals surface area contributed by atoms with Crippen LogP contribution in [0.3, 0.4) is 0 Å². The van der Waals surface area contributed by atoms with E-state index in [4.69, 9.17) is 15.4 Å². The fourth-order valence-corrected chi connectivity index (χ4v) is 2.85. The van der Waals surface area contributed by atoms with Gasteiger partial charge in [0.15, 0.2) is 0 Å². The Morgan fingerprint density at radius 3 is 1.81 bits per heavy atom. The molecule has 0 saturated carbocycles. The average Bonchev–Trinajstić information content (AvgIpc) is 2.60. The summed E-state index contributed by atoms with van der Waals surface area (Å²) in [6.07, 6.45) is 2.30. The van der Waals surface area contributed by atoms with Crippen LogP contribution >= 0.6 is 0 Å². The Morgan fingerprint density at radius 2 is 1.44 bits per heavy atom. The van der Waals surface area contributed by atoms with Gasteiger partial charge in [-0.15, -0.1) is 0 Å². The SMILES string of the molecule is CC(C)C[C@@H](N)C(=O)O.O=S(=O)(O)c1ccc(CCc2ccccc2)cc1. The second kappa shape index (κ2) is 10.8. The molecule has 4 N–H and O–H groups in total. The van der Waals surface area contributed by atoms with E-state index in [1.54, 1.807) is 12.1 Å². The van der Waals surface area contributed by atoms with Gasteiger partial charge in [-0.2, -0.15) is 8.42 Å². The van der Waals surface area contributed by atoms with Crippen molar-refractivity contribution < 1.29 is 22.9 Å². The molecule has 0 aliphatic heterocycles. The summed E-state index contributed by atoms with van der Waals surface area (Å²) < 4.78 is 30.6. The number of carbonyl (C=O) groups is 1. The summed E-state index contributed by atoms with van der Waals surface area (Å²) in [6, 6.07) is 15.7. The van der Waals surface area contributed by atoms with Gasteiger partial charge in [0.05, 0.1) is 4.90 Å². The van der Waals surface area contributed by atoms with E-state index in [9.17, 15) is 13.2 Å². The highest BCUT2D eigenvalue weighted by atomic mass is 32.2. The summed E-state index contributed by atoms with van der Waals surface area (Å²) in [5.74, 6) is -0.556. The zero-order valence-corrected chi connectivity index (χ0v) is 16.4. The Bertz CT molecular complexity index is 802. The molecular formula is C20H27NO5S. The molecular weight excluding hydrogens is 366 g/mol. The third-order valence-electron chi connectivity index (χ3n) is 3.81. The van der Waals surface area contributed by atoms with Crippen molar-refractivity contribution >= 4 is 16.1 Å². The fraction of sp³-hybridized carbons (Fsp3) is 0.350. The molecule has 7 heteroatoms. The highest BCUT2D eigenvalue weighted by Gasteiger charge is 2.12. The summed E-state index contributed by atoms with van der Waals surface area (Å²) in [5, 5.41) is 8.31. The lowest BCUT2D eigenvalue weighted by atomic mass is 10.0. The number of carboxylic acid groups (broad SMARTS) is 1. The van der Waals surface area contributed by atoms with Crippen molar-refractivity contribution in [1.82, 2.24) is 0 Å². The average molecular weight is 394 g/mol. The number of aliphatic carboxylic acids is 1. The fourth-order valence-electron chi connectivity index (χ4n) is 2.37. The molecule has 0 bridgehead atoms. The third kappa shape index (κ3) is 9.33. The van der Waals surface area contributed by atoms with Gasteiger partial charge in [0, 0.05) is 0 Å². The van der Waals surface area contributed by atoms with Crippen LogP contribution in [-0.4, -0.2) is 30.1 Å². The molecule has 2 aromatic rings. The van der Waals surface area contributed by atoms with Crippen LogP contribution in [0.15, 0.2) is 59.5 Å². The van der Waals surface area contributed by atoms with Crippen molar-refractivity contribution in [2.24, 2.45) is 11.7 Å². The van der Waals surface area contributed by atoms with E-state index >= 15 is 0 Å². The standard InChI is InChI=1S/C14H14O3S.C6H13NO2/c15-18(16,17)14-10-8-13(9-11-14)7-6-12-4-2-1-3-5-12;1-4(2)3-5(7)6(8)9/h1-5,8-11H,6-7H2,(H,15,16,17);4-5H,3,7H2,1-2H3,(H,8,9)/t;5-/m.1/s1. The van der Waals surface area contributed by atoms with Crippen molar-refractivity contribution in [2.45, 2.75) is 44.0 Å². The molecule has 0 radical (unpaired) electrons. The van der Waals surface area contributed by atoms with Crippen LogP contribution in [0.5, 0.6) is 0 Å². The van der Waals surface area contributed by atoms with Crippen molar-refractivity contribution in [3.05, 3.63) is 65.7 Å². The number of benzene rings is 2. The Labute approximate surface area is 160 Å². The lowest BCUT2D eigenvalue weighted by Crippen LogP contribution is -2.31. The second-order valence-electron chi connectivity index (χ2n) is 6.68. The quantitative estimate of drug-likeness (QED) is 0.622. The maximum Gasteiger partial charge on any atom is 0.320 e. The van der Waals surface area contributed by atoms with Crippen LogP contribution < -0.4 is 5.73 Å². The predicted octanol–water partition coefficient (Wildman–Crippen LogP) is 3.16. The number of rotatable bonds is 7. The zero-order chi connectivity index (χ0) is 20.4. The molecule has 2 aromatic carbocycles. The molecule has 0 saturated heterocycles. The molecule has 6 nitrogen and oxygen atoms in total. The lowest BCUT2D eigenvalue weighted by molar-refractivity contribution is -0.138. The second-order valence-corrected chi connectivity index (χ2v) is 8.10. The minimum atomic E-state index is -4.09. The molecule has 2 rings (SSSR count). The van der Waals surface area contributed by atoms with Gasteiger partial charge < -0.3 is 10.8 Å². The van der Waals surface area contributed by atoms with Crippen molar-refractivity contribution in [2.75, 3.05) is 0 Å². The highest BCUT2D eigenvalue weighted by Crippen LogP contribution is 2.12. The third-order valence-corrected chi connectivity index (χ3v) is 4.68. The summed E-state index contributed by atoms with van der Waals surface area (Å²) in [4.78, 5) is 10.0. The first-order chi connectivity index (χ1) is 12.6. The van der Waals surface area contributed by atoms with Crippen LogP contribution in [0, 0.1) is 5.92 Å². The van der Waals surface area contributed by atoms with Gasteiger partial charge in [0.25, 0.3) is 10.1 Å². The largest absolute Gasteiger partial charge is 0.480 e. The smallest absolute Gasteiger partial charge is 0.320 e. The molecule has 0 aliphatic rings. The minimum Gasteiger partial charge on any atom is -0.480 e. The van der Waals surface area contributed by atoms with Gasteiger partial charge in [-0.05, 0) is 48.4 Å². The molecule has 0 unspecified atom stereocenters. The maximum absolute atomic E-state index is 10.9. The summed E-state index contributed by atoms with van der Waals surface area (Å²) in [5.41, 5.74) is 7.51. The lowest BCUT2D eigenvalue weighted by Gasteiger charge is -2.07. The number of hydrogen-bond donors (Lipinski definition) is 3. The highest BCUT2D eigenvalue weighted by molar-refractivity contribution is 7.85. The Morgan fingerprint density at radius 1 is 0.963 bits per heavy atom. The van der Waals surface area contributed by atoms with Crippen LogP contribution in [0.1, 0.15) is 31.4 Å². The monoisotopic (exact) mass is 393 g/mol. The van der Waals surface area contributed by atoms with E-state index in [1.807, 2.05) is 32.0 Å². The van der Waals surface area contributed by atoms with E-state index in [0.717, 1.165) is 18.4 Å². The van der Waals surface area contributed by atoms with Crippen LogP contribution in [0.2, 0.25) is 0 Å². The number of nitrogens with two attached hydrogens (primary N) is 1. The molecule has 0 heterocycles. The number of aryl methyl sites for hydroxylation is 2. The topological polar surface area (TPSA) is 118 Å². The summed E-state index contributed by atoms with van der Waals surface area (Å²) in [6.45, 7) is 3.89. The van der Waals surface area contributed by atoms with Gasteiger partial charge in [0.1, 0.15) is 6.04 Å². The van der Waals surface area contributed by atoms with Gasteiger partial charge in [0.2, 0.25) is 0 Å². The van der Waals surface area contributed by atoms with E-state index in [0.29, 0.717) is 12.3 Å². The molecule has 0 spiro atoms. The van der Waals surface area contributed by atoms with Crippen LogP contribution in [0.4, 0.5) is 0 Å². The van der Waals surface area contributed by atoms with Crippen molar-refractivity contribution in [3.63, 3.8) is 0 Å². The molecule has 1 atom stereocenters. The molecule has 0 amide bonds. The first-order valence-corrected chi connectivity index (χ1v) is 10.1. The molecule has 27 heavy (non-hydrogen) atoms. The van der Waals surface area contributed by atoms with E-state index < -0.39 is 22.1 Å². The Balaban J connectivity index is 0.000000345. The van der Waals surface area contributed by atoms with E-state index in [-0.39, 0.29) is 4.90 Å². The van der Waals surface area contributed by atoms with Gasteiger partial charge in [-0.25, -0.2) is 0 Å². The molecule has 148 valence electrons. The maximum atomic E-state index is 10.9. The molecule has 0 aliphatic carbocycles. The van der Waals surface area contributed by atoms with Crippen molar-refractivity contribution in [1.29, 1.82) is 0 Å². The van der Waals surface area contributed by atoms with E-state index in [1.165, 1.54) is 17.7 Å². The predicted molar refractivity (Wildman–Crippen MR) is 105 cm³/mol. The molecule has 0 fully saturated rings. The first kappa shape index (κ1) is 22.8. The first-order valence-electron chi connectivity index (χ1n) is 8.68. The normalized spacial score (nSPS) is 12.2. The number of hydrogen-bond acceptors (Lipinski definition) is 4. The van der Waals surface area contributed by atoms with Gasteiger partial charge in [-0.3, -0.25) is 9.35 Å².